The number of hydrogen-bond acceptors (Lipinski definition) is 6. The molecule has 0 aliphatic carbocycles. The Balaban J connectivity index is 0.000000555. The molecule has 1 amide bonds. The molecule has 2 aromatic rings. The molecule has 180 valence electrons. The second-order valence-corrected chi connectivity index (χ2v) is 10.0. The van der Waals surface area contributed by atoms with E-state index in [1.165, 1.54) is 12.1 Å². The number of carbonyl (C=O) groups is 1. The number of β-amino-alcohol motifs (C(OH)–C–C–N with tert-alkyl or cyclic N) is 1. The quantitative estimate of drug-likeness (QED) is 0.494. The average molecular weight is 481 g/mol. The number of anilines is 1. The Morgan fingerprint density at radius 1 is 1.15 bits per heavy atom. The summed E-state index contributed by atoms with van der Waals surface area (Å²) in [7, 11) is -3.67. The van der Waals surface area contributed by atoms with E-state index in [2.05, 4.69) is 10.2 Å². The number of aryl methyl sites for hydroxylation is 1. The van der Waals surface area contributed by atoms with E-state index >= 15 is 0 Å². The number of nitrogens with one attached hydrogen (secondary N) is 1. The van der Waals surface area contributed by atoms with Crippen LogP contribution in [0.1, 0.15) is 42.1 Å². The number of aliphatic hydroxyl groups is 2. The SMILES string of the molecule is CS(=O)(=O)O.O=C1CCc2cc([C@@H](O)CN3CCC(O)(c4cccc(F)c4)CC3)ccc2N1. The largest absolute Gasteiger partial charge is 0.387 e. The zero-order valence-corrected chi connectivity index (χ0v) is 19.2. The fourth-order valence-corrected chi connectivity index (χ4v) is 4.13. The first kappa shape index (κ1) is 25.3. The topological polar surface area (TPSA) is 127 Å². The highest BCUT2D eigenvalue weighted by molar-refractivity contribution is 7.85. The van der Waals surface area contributed by atoms with Crippen LogP contribution in [0.15, 0.2) is 42.5 Å². The summed E-state index contributed by atoms with van der Waals surface area (Å²) in [5.41, 5.74) is 2.30. The molecule has 0 saturated carbocycles. The fourth-order valence-electron chi connectivity index (χ4n) is 4.13. The number of aliphatic hydroxyl groups excluding tert-OH is 1. The van der Waals surface area contributed by atoms with Gasteiger partial charge in [-0.05, 0) is 54.2 Å². The zero-order valence-electron chi connectivity index (χ0n) is 18.4. The predicted molar refractivity (Wildman–Crippen MR) is 122 cm³/mol. The number of benzene rings is 2. The van der Waals surface area contributed by atoms with Crippen LogP contribution in [0.5, 0.6) is 0 Å². The van der Waals surface area contributed by atoms with Crippen molar-refractivity contribution in [3.8, 4) is 0 Å². The second kappa shape index (κ2) is 10.3. The fraction of sp³-hybridized carbons (Fsp3) is 0.435. The molecule has 4 N–H and O–H groups in total. The smallest absolute Gasteiger partial charge is 0.261 e. The molecule has 0 spiro atoms. The lowest BCUT2D eigenvalue weighted by molar-refractivity contribution is -0.116. The van der Waals surface area contributed by atoms with Crippen LogP contribution in [0.4, 0.5) is 10.1 Å². The van der Waals surface area contributed by atoms with Crippen molar-refractivity contribution >= 4 is 21.7 Å². The van der Waals surface area contributed by atoms with Crippen molar-refractivity contribution in [1.82, 2.24) is 4.90 Å². The second-order valence-electron chi connectivity index (χ2n) is 8.56. The molecule has 1 atom stereocenters. The lowest BCUT2D eigenvalue weighted by Crippen LogP contribution is -2.44. The third-order valence-electron chi connectivity index (χ3n) is 5.89. The molecule has 10 heteroatoms. The van der Waals surface area contributed by atoms with Gasteiger partial charge in [0.1, 0.15) is 5.82 Å². The van der Waals surface area contributed by atoms with E-state index in [9.17, 15) is 27.8 Å². The van der Waals surface area contributed by atoms with Crippen LogP contribution in [0.3, 0.4) is 0 Å². The van der Waals surface area contributed by atoms with E-state index in [1.807, 2.05) is 18.2 Å². The number of halogens is 1. The maximum absolute atomic E-state index is 13.5. The summed E-state index contributed by atoms with van der Waals surface area (Å²) in [6.45, 7) is 1.74. The number of likely N-dealkylation sites (tertiary alicyclic amines) is 1. The van der Waals surface area contributed by atoms with E-state index in [1.54, 1.807) is 12.1 Å². The number of rotatable bonds is 4. The molecule has 2 aromatic carbocycles. The molecule has 0 aromatic heterocycles. The maximum atomic E-state index is 13.5. The number of amides is 1. The van der Waals surface area contributed by atoms with E-state index in [0.29, 0.717) is 57.1 Å². The third-order valence-corrected chi connectivity index (χ3v) is 5.89. The van der Waals surface area contributed by atoms with Gasteiger partial charge in [-0.2, -0.15) is 8.42 Å². The molecule has 4 rings (SSSR count). The van der Waals surface area contributed by atoms with Crippen LogP contribution >= 0.6 is 0 Å². The molecule has 0 bridgehead atoms. The Morgan fingerprint density at radius 3 is 2.45 bits per heavy atom. The monoisotopic (exact) mass is 480 g/mol. The van der Waals surface area contributed by atoms with Crippen LogP contribution in [0, 0.1) is 5.82 Å². The molecule has 1 saturated heterocycles. The maximum Gasteiger partial charge on any atom is 0.261 e. The van der Waals surface area contributed by atoms with Crippen molar-refractivity contribution in [2.24, 2.45) is 0 Å². The zero-order chi connectivity index (χ0) is 24.2. The highest BCUT2D eigenvalue weighted by Crippen LogP contribution is 2.34. The van der Waals surface area contributed by atoms with E-state index < -0.39 is 21.8 Å². The molecular weight excluding hydrogens is 451 g/mol. The highest BCUT2D eigenvalue weighted by atomic mass is 32.2. The molecule has 0 radical (unpaired) electrons. The van der Waals surface area contributed by atoms with Crippen molar-refractivity contribution in [2.45, 2.75) is 37.4 Å². The minimum atomic E-state index is -3.67. The molecule has 33 heavy (non-hydrogen) atoms. The van der Waals surface area contributed by atoms with Gasteiger partial charge in [0.15, 0.2) is 0 Å². The van der Waals surface area contributed by atoms with E-state index in [0.717, 1.165) is 16.8 Å². The van der Waals surface area contributed by atoms with E-state index in [-0.39, 0.29) is 11.7 Å². The number of piperidine rings is 1. The van der Waals surface area contributed by atoms with Crippen molar-refractivity contribution in [3.05, 3.63) is 65.0 Å². The van der Waals surface area contributed by atoms with Crippen molar-refractivity contribution < 1.29 is 32.4 Å². The Hall–Kier alpha value is -2.37. The van der Waals surface area contributed by atoms with Crippen LogP contribution in [0.2, 0.25) is 0 Å². The summed E-state index contributed by atoms with van der Waals surface area (Å²) in [6.07, 6.45) is 2.23. The van der Waals surface area contributed by atoms with Gasteiger partial charge in [0, 0.05) is 31.7 Å². The first-order valence-corrected chi connectivity index (χ1v) is 12.5. The molecule has 2 heterocycles. The summed E-state index contributed by atoms with van der Waals surface area (Å²) in [6, 6.07) is 11.8. The van der Waals surface area contributed by atoms with Crippen LogP contribution < -0.4 is 5.32 Å². The van der Waals surface area contributed by atoms with Crippen LogP contribution in [0.25, 0.3) is 0 Å². The van der Waals surface area contributed by atoms with Crippen LogP contribution in [-0.2, 0) is 26.9 Å². The molecule has 0 unspecified atom stereocenters. The minimum absolute atomic E-state index is 0.0277. The van der Waals surface area contributed by atoms with Crippen molar-refractivity contribution in [2.75, 3.05) is 31.2 Å². The third kappa shape index (κ3) is 7.31. The number of nitrogens with zero attached hydrogens (tertiary/aromatic N) is 1. The Bertz CT molecular complexity index is 1090. The molecular formula is C23H29FN2O6S. The molecule has 2 aliphatic heterocycles. The van der Waals surface area contributed by atoms with E-state index in [4.69, 9.17) is 4.55 Å². The predicted octanol–water partition coefficient (Wildman–Crippen LogP) is 2.23. The average Bonchev–Trinajstić information content (AvgIpc) is 2.74. The minimum Gasteiger partial charge on any atom is -0.387 e. The summed E-state index contributed by atoms with van der Waals surface area (Å²) < 4.78 is 39.4. The molecule has 8 nitrogen and oxygen atoms in total. The summed E-state index contributed by atoms with van der Waals surface area (Å²) in [5, 5.41) is 24.4. The lowest BCUT2D eigenvalue weighted by Gasteiger charge is -2.39. The van der Waals surface area contributed by atoms with Gasteiger partial charge in [-0.1, -0.05) is 24.3 Å². The van der Waals surface area contributed by atoms with Gasteiger partial charge in [0.2, 0.25) is 5.91 Å². The Labute approximate surface area is 192 Å². The first-order chi connectivity index (χ1) is 15.4. The van der Waals surface area contributed by atoms with Gasteiger partial charge in [0.05, 0.1) is 18.0 Å². The number of hydrogen-bond donors (Lipinski definition) is 4. The molecule has 2 aliphatic rings. The number of carbonyl (C=O) groups excluding carboxylic acids is 1. The lowest BCUT2D eigenvalue weighted by atomic mass is 9.84. The van der Waals surface area contributed by atoms with Gasteiger partial charge in [-0.15, -0.1) is 0 Å². The van der Waals surface area contributed by atoms with Gasteiger partial charge in [-0.3, -0.25) is 9.35 Å². The van der Waals surface area contributed by atoms with Crippen LogP contribution in [-0.4, -0.2) is 59.9 Å². The highest BCUT2D eigenvalue weighted by Gasteiger charge is 2.34. The van der Waals surface area contributed by atoms with Gasteiger partial charge in [-0.25, -0.2) is 4.39 Å². The van der Waals surface area contributed by atoms with Crippen molar-refractivity contribution in [1.29, 1.82) is 0 Å². The summed E-state index contributed by atoms with van der Waals surface area (Å²) in [5.74, 6) is -0.313. The van der Waals surface area contributed by atoms with Gasteiger partial charge < -0.3 is 20.4 Å². The first-order valence-electron chi connectivity index (χ1n) is 10.7. The Morgan fingerprint density at radius 2 is 1.82 bits per heavy atom. The van der Waals surface area contributed by atoms with Gasteiger partial charge in [0.25, 0.3) is 10.1 Å². The van der Waals surface area contributed by atoms with Crippen molar-refractivity contribution in [3.63, 3.8) is 0 Å². The summed E-state index contributed by atoms with van der Waals surface area (Å²) in [4.78, 5) is 13.6. The standard InChI is InChI=1S/C22H25FN2O3.CH4O3S/c23-18-3-1-2-17(13-18)22(28)8-10-25(11-9-22)14-20(26)16-4-6-19-15(12-16)5-7-21(27)24-19;1-5(2,3)4/h1-4,6,12-13,20,26,28H,5,7-11,14H2,(H,24,27);1H3,(H,2,3,4)/t20-;/m0./s1. The summed E-state index contributed by atoms with van der Waals surface area (Å²) >= 11 is 0. The van der Waals surface area contributed by atoms with Gasteiger partial charge >= 0.3 is 0 Å². The molecule has 1 fully saturated rings. The Kier molecular flexibility index (Phi) is 7.86. The number of fused-ring (bicyclic) bond motifs is 1. The normalized spacial score (nSPS) is 19.0.